The number of nitrogens with zero attached hydrogens (tertiary/aromatic N) is 3. The van der Waals surface area contributed by atoms with Crippen LogP contribution in [-0.2, 0) is 23.1 Å². The molecular weight excluding hydrogens is 212 g/mol. The standard InChI is InChI=1S/C9H12N4O3/c1-13-6-11-7(12-13)4-5-10-8(14)2-3-9(15)16/h2-3,6H,4-5H2,1H3,(H,10,14)(H,15,16)/b3-2+. The van der Waals surface area contributed by atoms with Crippen LogP contribution in [0.25, 0.3) is 0 Å². The molecule has 0 saturated carbocycles. The van der Waals surface area contributed by atoms with E-state index in [0.29, 0.717) is 18.8 Å². The first kappa shape index (κ1) is 11.9. The summed E-state index contributed by atoms with van der Waals surface area (Å²) in [6, 6.07) is 0. The molecule has 1 amide bonds. The molecule has 7 nitrogen and oxygen atoms in total. The van der Waals surface area contributed by atoms with E-state index in [1.807, 2.05) is 0 Å². The highest BCUT2D eigenvalue weighted by molar-refractivity contribution is 5.93. The lowest BCUT2D eigenvalue weighted by Gasteiger charge is -1.98. The zero-order chi connectivity index (χ0) is 12.0. The molecule has 0 atom stereocenters. The van der Waals surface area contributed by atoms with Crippen molar-refractivity contribution < 1.29 is 14.7 Å². The lowest BCUT2D eigenvalue weighted by molar-refractivity contribution is -0.131. The fourth-order valence-electron chi connectivity index (χ4n) is 1.00. The molecule has 0 spiro atoms. The van der Waals surface area contributed by atoms with Crippen LogP contribution in [0.15, 0.2) is 18.5 Å². The first-order valence-electron chi connectivity index (χ1n) is 4.61. The molecule has 7 heteroatoms. The molecule has 0 radical (unpaired) electrons. The average molecular weight is 224 g/mol. The van der Waals surface area contributed by atoms with E-state index in [-0.39, 0.29) is 0 Å². The van der Waals surface area contributed by atoms with Gasteiger partial charge >= 0.3 is 5.97 Å². The highest BCUT2D eigenvalue weighted by atomic mass is 16.4. The summed E-state index contributed by atoms with van der Waals surface area (Å²) in [6.07, 6.45) is 3.83. The molecule has 0 fully saturated rings. The van der Waals surface area contributed by atoms with Gasteiger partial charge in [-0.1, -0.05) is 0 Å². The normalized spacial score (nSPS) is 10.6. The molecule has 1 aromatic rings. The van der Waals surface area contributed by atoms with Crippen LogP contribution in [0.1, 0.15) is 5.82 Å². The SMILES string of the molecule is Cn1cnc(CCNC(=O)/C=C/C(=O)O)n1. The minimum Gasteiger partial charge on any atom is -0.478 e. The van der Waals surface area contributed by atoms with Crippen LogP contribution in [0.4, 0.5) is 0 Å². The summed E-state index contributed by atoms with van der Waals surface area (Å²) in [5, 5.41) is 14.8. The lowest BCUT2D eigenvalue weighted by Crippen LogP contribution is -2.24. The first-order valence-corrected chi connectivity index (χ1v) is 4.61. The van der Waals surface area contributed by atoms with Gasteiger partial charge in [0.15, 0.2) is 5.82 Å². The Morgan fingerprint density at radius 2 is 2.31 bits per heavy atom. The molecule has 0 aliphatic heterocycles. The van der Waals surface area contributed by atoms with Gasteiger partial charge in [0.05, 0.1) is 0 Å². The van der Waals surface area contributed by atoms with Crippen LogP contribution in [0.2, 0.25) is 0 Å². The predicted octanol–water partition coefficient (Wildman–Crippen LogP) is -0.885. The van der Waals surface area contributed by atoms with Gasteiger partial charge in [-0.15, -0.1) is 0 Å². The Bertz CT molecular complexity index is 411. The lowest BCUT2D eigenvalue weighted by atomic mass is 10.4. The molecule has 0 aromatic carbocycles. The highest BCUT2D eigenvalue weighted by Crippen LogP contribution is 1.88. The van der Waals surface area contributed by atoms with Crippen LogP contribution in [0, 0.1) is 0 Å². The van der Waals surface area contributed by atoms with Gasteiger partial charge in [-0.2, -0.15) is 5.10 Å². The summed E-state index contributed by atoms with van der Waals surface area (Å²) in [4.78, 5) is 25.1. The summed E-state index contributed by atoms with van der Waals surface area (Å²) in [6.45, 7) is 0.368. The molecule has 0 aliphatic rings. The second-order valence-electron chi connectivity index (χ2n) is 3.05. The number of aryl methyl sites for hydroxylation is 1. The monoisotopic (exact) mass is 224 g/mol. The molecule has 1 heterocycles. The van der Waals surface area contributed by atoms with Crippen molar-refractivity contribution in [2.75, 3.05) is 6.54 Å². The Hall–Kier alpha value is -2.18. The van der Waals surface area contributed by atoms with Crippen molar-refractivity contribution in [3.8, 4) is 0 Å². The second kappa shape index (κ2) is 5.64. The number of rotatable bonds is 5. The largest absolute Gasteiger partial charge is 0.478 e. The number of nitrogens with one attached hydrogen (secondary N) is 1. The molecule has 0 unspecified atom stereocenters. The fraction of sp³-hybridized carbons (Fsp3) is 0.333. The Balaban J connectivity index is 2.25. The molecule has 1 aromatic heterocycles. The van der Waals surface area contributed by atoms with Crippen molar-refractivity contribution >= 4 is 11.9 Å². The van der Waals surface area contributed by atoms with Crippen LogP contribution >= 0.6 is 0 Å². The highest BCUT2D eigenvalue weighted by Gasteiger charge is 2.00. The molecular formula is C9H12N4O3. The second-order valence-corrected chi connectivity index (χ2v) is 3.05. The van der Waals surface area contributed by atoms with E-state index in [1.54, 1.807) is 18.1 Å². The van der Waals surface area contributed by atoms with Gasteiger partial charge in [0.25, 0.3) is 0 Å². The number of carboxylic acids is 1. The van der Waals surface area contributed by atoms with Crippen LogP contribution < -0.4 is 5.32 Å². The third-order valence-electron chi connectivity index (χ3n) is 1.67. The van der Waals surface area contributed by atoms with Crippen molar-refractivity contribution in [2.24, 2.45) is 7.05 Å². The average Bonchev–Trinajstić information content (AvgIpc) is 2.61. The van der Waals surface area contributed by atoms with Gasteiger partial charge in [-0.05, 0) is 0 Å². The van der Waals surface area contributed by atoms with E-state index in [4.69, 9.17) is 5.11 Å². The Morgan fingerprint density at radius 3 is 2.88 bits per heavy atom. The zero-order valence-electron chi connectivity index (χ0n) is 8.75. The summed E-state index contributed by atoms with van der Waals surface area (Å²) < 4.78 is 1.57. The number of hydrogen-bond acceptors (Lipinski definition) is 4. The van der Waals surface area contributed by atoms with E-state index in [1.165, 1.54) is 0 Å². The Kier molecular flexibility index (Phi) is 4.19. The van der Waals surface area contributed by atoms with E-state index in [2.05, 4.69) is 15.4 Å². The number of carboxylic acid groups (broad SMARTS) is 1. The number of hydrogen-bond donors (Lipinski definition) is 2. The van der Waals surface area contributed by atoms with Crippen molar-refractivity contribution in [2.45, 2.75) is 6.42 Å². The van der Waals surface area contributed by atoms with E-state index in [9.17, 15) is 9.59 Å². The quantitative estimate of drug-likeness (QED) is 0.633. The first-order chi connectivity index (χ1) is 7.58. The zero-order valence-corrected chi connectivity index (χ0v) is 8.75. The summed E-state index contributed by atoms with van der Waals surface area (Å²) in [7, 11) is 1.75. The summed E-state index contributed by atoms with van der Waals surface area (Å²) in [5.74, 6) is -0.968. The minimum absolute atomic E-state index is 0.368. The van der Waals surface area contributed by atoms with Gasteiger partial charge < -0.3 is 10.4 Å². The van der Waals surface area contributed by atoms with Crippen molar-refractivity contribution in [3.05, 3.63) is 24.3 Å². The molecule has 2 N–H and O–H groups in total. The predicted molar refractivity (Wildman–Crippen MR) is 54.5 cm³/mol. The van der Waals surface area contributed by atoms with Crippen LogP contribution in [0.5, 0.6) is 0 Å². The molecule has 0 saturated heterocycles. The van der Waals surface area contributed by atoms with Crippen molar-refractivity contribution in [1.29, 1.82) is 0 Å². The molecule has 16 heavy (non-hydrogen) atoms. The number of carbonyl (C=O) groups is 2. The molecule has 86 valence electrons. The third-order valence-corrected chi connectivity index (χ3v) is 1.67. The number of amides is 1. The van der Waals surface area contributed by atoms with Crippen LogP contribution in [0.3, 0.4) is 0 Å². The molecule has 0 aliphatic carbocycles. The third kappa shape index (κ3) is 4.36. The van der Waals surface area contributed by atoms with E-state index >= 15 is 0 Å². The summed E-state index contributed by atoms with van der Waals surface area (Å²) >= 11 is 0. The topological polar surface area (TPSA) is 97.1 Å². The molecule has 0 bridgehead atoms. The Labute approximate surface area is 91.8 Å². The fourth-order valence-corrected chi connectivity index (χ4v) is 1.00. The Morgan fingerprint density at radius 1 is 1.56 bits per heavy atom. The van der Waals surface area contributed by atoms with E-state index < -0.39 is 11.9 Å². The maximum absolute atomic E-state index is 11.0. The summed E-state index contributed by atoms with van der Waals surface area (Å²) in [5.41, 5.74) is 0. The number of carbonyl (C=O) groups excluding carboxylic acids is 1. The molecule has 1 rings (SSSR count). The van der Waals surface area contributed by atoms with E-state index in [0.717, 1.165) is 12.2 Å². The minimum atomic E-state index is -1.15. The van der Waals surface area contributed by atoms with Gasteiger partial charge in [0.2, 0.25) is 5.91 Å². The van der Waals surface area contributed by atoms with Gasteiger partial charge in [0.1, 0.15) is 6.33 Å². The van der Waals surface area contributed by atoms with Crippen molar-refractivity contribution in [1.82, 2.24) is 20.1 Å². The smallest absolute Gasteiger partial charge is 0.328 e. The van der Waals surface area contributed by atoms with Gasteiger partial charge in [-0.25, -0.2) is 9.78 Å². The van der Waals surface area contributed by atoms with Gasteiger partial charge in [0, 0.05) is 32.2 Å². The van der Waals surface area contributed by atoms with Gasteiger partial charge in [-0.3, -0.25) is 9.48 Å². The van der Waals surface area contributed by atoms with Crippen LogP contribution in [-0.4, -0.2) is 38.3 Å². The maximum Gasteiger partial charge on any atom is 0.328 e. The van der Waals surface area contributed by atoms with Crippen molar-refractivity contribution in [3.63, 3.8) is 0 Å². The number of aromatic nitrogens is 3. The number of aliphatic carboxylic acids is 1. The maximum atomic E-state index is 11.0.